The van der Waals surface area contributed by atoms with E-state index in [1.165, 1.54) is 13.2 Å². The van der Waals surface area contributed by atoms with Crippen molar-refractivity contribution >= 4 is 41.2 Å². The van der Waals surface area contributed by atoms with Crippen LogP contribution in [0.4, 0.5) is 10.5 Å². The molecule has 0 atom stereocenters. The number of carbonyl (C=O) groups excluding carboxylic acids is 3. The van der Waals surface area contributed by atoms with Crippen LogP contribution in [-0.4, -0.2) is 25.0 Å². The van der Waals surface area contributed by atoms with Gasteiger partial charge in [-0.3, -0.25) is 14.9 Å². The van der Waals surface area contributed by atoms with Gasteiger partial charge in [0.1, 0.15) is 11.3 Å². The van der Waals surface area contributed by atoms with E-state index in [0.717, 1.165) is 4.90 Å². The van der Waals surface area contributed by atoms with Crippen LogP contribution in [0.3, 0.4) is 0 Å². The Morgan fingerprint density at radius 2 is 1.72 bits per heavy atom. The predicted molar refractivity (Wildman–Crippen MR) is 93.4 cm³/mol. The Morgan fingerprint density at radius 1 is 1.04 bits per heavy atom. The molecule has 3 rings (SSSR count). The summed E-state index contributed by atoms with van der Waals surface area (Å²) in [5, 5.41) is 2.55. The molecule has 0 spiro atoms. The number of hydrogen-bond donors (Lipinski definition) is 1. The molecular weight excluding hydrogens is 344 g/mol. The van der Waals surface area contributed by atoms with E-state index in [1.807, 2.05) is 0 Å². The SMILES string of the molecule is COc1ccc(N2C(=O)NC(=O)C(=Cc3ccccc3Cl)C2=O)cc1. The third-order valence-corrected chi connectivity index (χ3v) is 3.98. The Labute approximate surface area is 148 Å². The van der Waals surface area contributed by atoms with Crippen LogP contribution in [-0.2, 0) is 9.59 Å². The second-order valence-electron chi connectivity index (χ2n) is 5.18. The predicted octanol–water partition coefficient (Wildman–Crippen LogP) is 3.02. The largest absolute Gasteiger partial charge is 0.497 e. The number of anilines is 1. The maximum absolute atomic E-state index is 12.7. The van der Waals surface area contributed by atoms with Crippen molar-refractivity contribution in [1.82, 2.24) is 5.32 Å². The molecule has 2 aromatic carbocycles. The molecule has 1 fully saturated rings. The smallest absolute Gasteiger partial charge is 0.335 e. The summed E-state index contributed by atoms with van der Waals surface area (Å²) in [4.78, 5) is 37.8. The van der Waals surface area contributed by atoms with Crippen molar-refractivity contribution in [2.45, 2.75) is 0 Å². The number of barbiturate groups is 1. The fraction of sp³-hybridized carbons (Fsp3) is 0.0556. The Balaban J connectivity index is 2.01. The molecule has 1 heterocycles. The number of methoxy groups -OCH3 is 1. The number of hydrogen-bond acceptors (Lipinski definition) is 4. The lowest BCUT2D eigenvalue weighted by Gasteiger charge is -2.26. The van der Waals surface area contributed by atoms with Crippen LogP contribution in [0.15, 0.2) is 54.1 Å². The number of benzene rings is 2. The van der Waals surface area contributed by atoms with Crippen LogP contribution < -0.4 is 15.0 Å². The number of imide groups is 2. The molecule has 6 nitrogen and oxygen atoms in total. The first-order chi connectivity index (χ1) is 12.0. The first-order valence-corrected chi connectivity index (χ1v) is 7.69. The lowest BCUT2D eigenvalue weighted by atomic mass is 10.1. The molecule has 0 saturated carbocycles. The van der Waals surface area contributed by atoms with Gasteiger partial charge in [0.2, 0.25) is 0 Å². The number of carbonyl (C=O) groups is 3. The number of rotatable bonds is 3. The molecule has 1 N–H and O–H groups in total. The van der Waals surface area contributed by atoms with Gasteiger partial charge >= 0.3 is 6.03 Å². The normalized spacial score (nSPS) is 16.2. The highest BCUT2D eigenvalue weighted by Crippen LogP contribution is 2.25. The lowest BCUT2D eigenvalue weighted by Crippen LogP contribution is -2.54. The third-order valence-electron chi connectivity index (χ3n) is 3.64. The average Bonchev–Trinajstić information content (AvgIpc) is 2.60. The number of ether oxygens (including phenoxy) is 1. The molecule has 0 radical (unpaired) electrons. The van der Waals surface area contributed by atoms with Gasteiger partial charge in [0.25, 0.3) is 11.8 Å². The van der Waals surface area contributed by atoms with Gasteiger partial charge in [-0.15, -0.1) is 0 Å². The van der Waals surface area contributed by atoms with Gasteiger partial charge in [-0.2, -0.15) is 0 Å². The standard InChI is InChI=1S/C18H13ClN2O4/c1-25-13-8-6-12(7-9-13)21-17(23)14(16(22)20-18(21)24)10-11-4-2-3-5-15(11)19/h2-10H,1H3,(H,20,22,24). The van der Waals surface area contributed by atoms with Gasteiger partial charge in [-0.25, -0.2) is 9.69 Å². The van der Waals surface area contributed by atoms with E-state index < -0.39 is 17.8 Å². The van der Waals surface area contributed by atoms with Crippen LogP contribution in [0.25, 0.3) is 6.08 Å². The van der Waals surface area contributed by atoms with E-state index in [-0.39, 0.29) is 5.57 Å². The molecule has 7 heteroatoms. The van der Waals surface area contributed by atoms with Gasteiger partial charge in [0.05, 0.1) is 12.8 Å². The molecule has 0 unspecified atom stereocenters. The highest BCUT2D eigenvalue weighted by molar-refractivity contribution is 6.39. The maximum Gasteiger partial charge on any atom is 0.335 e. The molecule has 25 heavy (non-hydrogen) atoms. The quantitative estimate of drug-likeness (QED) is 0.677. The zero-order chi connectivity index (χ0) is 18.0. The van der Waals surface area contributed by atoms with E-state index >= 15 is 0 Å². The van der Waals surface area contributed by atoms with Gasteiger partial charge in [0, 0.05) is 5.02 Å². The zero-order valence-corrected chi connectivity index (χ0v) is 13.9. The molecule has 0 aromatic heterocycles. The minimum atomic E-state index is -0.809. The minimum Gasteiger partial charge on any atom is -0.497 e. The Hall–Kier alpha value is -3.12. The molecule has 1 aliphatic rings. The molecule has 0 bridgehead atoms. The van der Waals surface area contributed by atoms with Crippen LogP contribution >= 0.6 is 11.6 Å². The maximum atomic E-state index is 12.7. The molecule has 4 amide bonds. The zero-order valence-electron chi connectivity index (χ0n) is 13.2. The molecule has 126 valence electrons. The van der Waals surface area contributed by atoms with Gasteiger partial charge in [-0.1, -0.05) is 29.8 Å². The average molecular weight is 357 g/mol. The van der Waals surface area contributed by atoms with Gasteiger partial charge in [0.15, 0.2) is 0 Å². The topological polar surface area (TPSA) is 75.7 Å². The highest BCUT2D eigenvalue weighted by Gasteiger charge is 2.36. The summed E-state index contributed by atoms with van der Waals surface area (Å²) in [5.41, 5.74) is 0.649. The van der Waals surface area contributed by atoms with Crippen LogP contribution in [0.1, 0.15) is 5.56 Å². The van der Waals surface area contributed by atoms with Crippen molar-refractivity contribution in [3.8, 4) is 5.75 Å². The van der Waals surface area contributed by atoms with Crippen molar-refractivity contribution in [2.24, 2.45) is 0 Å². The first kappa shape index (κ1) is 16.7. The monoisotopic (exact) mass is 356 g/mol. The number of amides is 4. The van der Waals surface area contributed by atoms with Crippen molar-refractivity contribution < 1.29 is 19.1 Å². The Bertz CT molecular complexity index is 890. The second-order valence-corrected chi connectivity index (χ2v) is 5.58. The summed E-state index contributed by atoms with van der Waals surface area (Å²) in [6, 6.07) is 12.3. The molecule has 1 saturated heterocycles. The van der Waals surface area contributed by atoms with Crippen LogP contribution in [0.5, 0.6) is 5.75 Å². The second kappa shape index (κ2) is 6.78. The fourth-order valence-corrected chi connectivity index (χ4v) is 2.56. The third kappa shape index (κ3) is 3.25. The van der Waals surface area contributed by atoms with Crippen molar-refractivity contribution in [1.29, 1.82) is 0 Å². The molecule has 2 aromatic rings. The van der Waals surface area contributed by atoms with E-state index in [4.69, 9.17) is 16.3 Å². The van der Waals surface area contributed by atoms with E-state index in [2.05, 4.69) is 5.32 Å². The van der Waals surface area contributed by atoms with E-state index in [1.54, 1.807) is 48.5 Å². The minimum absolute atomic E-state index is 0.177. The Kier molecular flexibility index (Phi) is 4.54. The molecular formula is C18H13ClN2O4. The van der Waals surface area contributed by atoms with Crippen LogP contribution in [0.2, 0.25) is 5.02 Å². The van der Waals surface area contributed by atoms with Gasteiger partial charge < -0.3 is 4.74 Å². The molecule has 1 aliphatic heterocycles. The summed E-state index contributed by atoms with van der Waals surface area (Å²) >= 11 is 6.07. The fourth-order valence-electron chi connectivity index (χ4n) is 2.37. The van der Waals surface area contributed by atoms with E-state index in [0.29, 0.717) is 22.0 Å². The van der Waals surface area contributed by atoms with Crippen molar-refractivity contribution in [3.63, 3.8) is 0 Å². The summed E-state index contributed by atoms with van der Waals surface area (Å²) in [6.07, 6.45) is 1.36. The highest BCUT2D eigenvalue weighted by atomic mass is 35.5. The van der Waals surface area contributed by atoms with Gasteiger partial charge in [-0.05, 0) is 42.0 Å². The number of nitrogens with one attached hydrogen (secondary N) is 1. The number of halogens is 1. The first-order valence-electron chi connectivity index (χ1n) is 7.31. The Morgan fingerprint density at radius 3 is 2.36 bits per heavy atom. The summed E-state index contributed by atoms with van der Waals surface area (Å²) in [7, 11) is 1.51. The number of urea groups is 1. The summed E-state index contributed by atoms with van der Waals surface area (Å²) in [5.74, 6) is -0.907. The van der Waals surface area contributed by atoms with E-state index in [9.17, 15) is 14.4 Å². The lowest BCUT2D eigenvalue weighted by molar-refractivity contribution is -0.122. The molecule has 0 aliphatic carbocycles. The number of nitrogens with zero attached hydrogens (tertiary/aromatic N) is 1. The summed E-state index contributed by atoms with van der Waals surface area (Å²) in [6.45, 7) is 0. The van der Waals surface area contributed by atoms with Crippen molar-refractivity contribution in [2.75, 3.05) is 12.0 Å². The van der Waals surface area contributed by atoms with Crippen molar-refractivity contribution in [3.05, 3.63) is 64.7 Å². The van der Waals surface area contributed by atoms with Crippen LogP contribution in [0, 0.1) is 0 Å². The summed E-state index contributed by atoms with van der Waals surface area (Å²) < 4.78 is 5.06.